The molecule has 9 nitrogen and oxygen atoms in total. The van der Waals surface area contributed by atoms with Crippen LogP contribution in [-0.2, 0) is 4.79 Å². The van der Waals surface area contributed by atoms with Gasteiger partial charge in [0.2, 0.25) is 0 Å². The molecular formula is C23H22N4O5. The summed E-state index contributed by atoms with van der Waals surface area (Å²) in [5.74, 6) is -3.57. The standard InChI is InChI=1S/C23H22N4O5/c1-14(23(31)32)12-25-22(30)19-24-13-17(21(29)27-19)20(28)26-18(15-8-4-2-5-9-15)16-10-6-3-7-11-16/h2-11,13-14,18H,12H2,1H3,(H,25,30)(H,26,28)(H,31,32)(H,24,27,29). The Kier molecular flexibility index (Phi) is 7.12. The third-order valence-corrected chi connectivity index (χ3v) is 4.79. The first kappa shape index (κ1) is 22.4. The summed E-state index contributed by atoms with van der Waals surface area (Å²) in [5.41, 5.74) is 0.631. The number of benzene rings is 2. The molecular weight excluding hydrogens is 412 g/mol. The Morgan fingerprint density at radius 3 is 2.03 bits per heavy atom. The Labute approximate surface area is 183 Å². The van der Waals surface area contributed by atoms with E-state index in [1.807, 2.05) is 60.7 Å². The van der Waals surface area contributed by atoms with Crippen molar-refractivity contribution in [3.05, 3.63) is 99.7 Å². The predicted molar refractivity (Wildman–Crippen MR) is 116 cm³/mol. The number of aromatic amines is 1. The summed E-state index contributed by atoms with van der Waals surface area (Å²) >= 11 is 0. The number of nitrogens with zero attached hydrogens (tertiary/aromatic N) is 1. The van der Waals surface area contributed by atoms with Crippen molar-refractivity contribution in [1.29, 1.82) is 0 Å². The molecule has 0 fully saturated rings. The zero-order valence-corrected chi connectivity index (χ0v) is 17.2. The summed E-state index contributed by atoms with van der Waals surface area (Å²) in [6, 6.07) is 18.1. The predicted octanol–water partition coefficient (Wildman–Crippen LogP) is 1.74. The molecule has 9 heteroatoms. The van der Waals surface area contributed by atoms with Crippen LogP contribution in [0.1, 0.15) is 45.1 Å². The summed E-state index contributed by atoms with van der Waals surface area (Å²) in [7, 11) is 0. The molecule has 1 unspecified atom stereocenters. The van der Waals surface area contributed by atoms with Gasteiger partial charge < -0.3 is 20.7 Å². The van der Waals surface area contributed by atoms with Crippen LogP contribution in [0.2, 0.25) is 0 Å². The molecule has 0 spiro atoms. The number of hydrogen-bond acceptors (Lipinski definition) is 5. The molecule has 4 N–H and O–H groups in total. The van der Waals surface area contributed by atoms with Gasteiger partial charge >= 0.3 is 5.97 Å². The van der Waals surface area contributed by atoms with Crippen molar-refractivity contribution in [2.24, 2.45) is 5.92 Å². The van der Waals surface area contributed by atoms with Crippen molar-refractivity contribution in [3.8, 4) is 0 Å². The van der Waals surface area contributed by atoms with E-state index < -0.39 is 35.3 Å². The number of carboxylic acid groups (broad SMARTS) is 1. The summed E-state index contributed by atoms with van der Waals surface area (Å²) < 4.78 is 0. The zero-order valence-electron chi connectivity index (χ0n) is 17.2. The second-order valence-electron chi connectivity index (χ2n) is 7.15. The van der Waals surface area contributed by atoms with Crippen molar-refractivity contribution in [2.75, 3.05) is 6.54 Å². The van der Waals surface area contributed by atoms with Crippen LogP contribution in [-0.4, -0.2) is 39.4 Å². The Morgan fingerprint density at radius 1 is 0.969 bits per heavy atom. The molecule has 0 aliphatic rings. The van der Waals surface area contributed by atoms with E-state index in [0.717, 1.165) is 17.3 Å². The molecule has 1 atom stereocenters. The highest BCUT2D eigenvalue weighted by Gasteiger charge is 2.21. The van der Waals surface area contributed by atoms with Gasteiger partial charge in [-0.05, 0) is 11.1 Å². The van der Waals surface area contributed by atoms with E-state index in [9.17, 15) is 19.2 Å². The van der Waals surface area contributed by atoms with Crippen molar-refractivity contribution in [2.45, 2.75) is 13.0 Å². The average Bonchev–Trinajstić information content (AvgIpc) is 2.81. The lowest BCUT2D eigenvalue weighted by atomic mass is 9.98. The summed E-state index contributed by atoms with van der Waals surface area (Å²) in [6.07, 6.45) is 1.02. The van der Waals surface area contributed by atoms with Crippen molar-refractivity contribution in [3.63, 3.8) is 0 Å². The zero-order chi connectivity index (χ0) is 23.1. The number of aliphatic carboxylic acids is 1. The molecule has 3 rings (SSSR count). The minimum atomic E-state index is -1.06. The SMILES string of the molecule is CC(CNC(=O)c1ncc(C(=O)NC(c2ccccc2)c2ccccc2)c(=O)[nH]1)C(=O)O. The fraction of sp³-hybridized carbons (Fsp3) is 0.174. The Hall–Kier alpha value is -4.27. The van der Waals surface area contributed by atoms with Crippen molar-refractivity contribution < 1.29 is 19.5 Å². The van der Waals surface area contributed by atoms with Gasteiger partial charge in [0, 0.05) is 12.7 Å². The van der Waals surface area contributed by atoms with Crippen molar-refractivity contribution in [1.82, 2.24) is 20.6 Å². The van der Waals surface area contributed by atoms with E-state index in [0.29, 0.717) is 0 Å². The third-order valence-electron chi connectivity index (χ3n) is 4.79. The number of hydrogen-bond donors (Lipinski definition) is 4. The minimum Gasteiger partial charge on any atom is -0.481 e. The van der Waals surface area contributed by atoms with Crippen LogP contribution in [0.3, 0.4) is 0 Å². The van der Waals surface area contributed by atoms with Crippen LogP contribution in [0.25, 0.3) is 0 Å². The molecule has 3 aromatic rings. The average molecular weight is 434 g/mol. The number of aromatic nitrogens is 2. The van der Waals surface area contributed by atoms with E-state index >= 15 is 0 Å². The molecule has 0 bridgehead atoms. The number of rotatable bonds is 8. The first-order chi connectivity index (χ1) is 15.4. The molecule has 32 heavy (non-hydrogen) atoms. The number of nitrogens with one attached hydrogen (secondary N) is 3. The third kappa shape index (κ3) is 5.45. The summed E-state index contributed by atoms with van der Waals surface area (Å²) in [6.45, 7) is 1.30. The first-order valence-corrected chi connectivity index (χ1v) is 9.88. The molecule has 0 saturated carbocycles. The van der Waals surface area contributed by atoms with E-state index in [2.05, 4.69) is 20.6 Å². The smallest absolute Gasteiger partial charge is 0.308 e. The lowest BCUT2D eigenvalue weighted by Gasteiger charge is -2.19. The van der Waals surface area contributed by atoms with E-state index in [4.69, 9.17) is 5.11 Å². The highest BCUT2D eigenvalue weighted by molar-refractivity contribution is 5.95. The van der Waals surface area contributed by atoms with E-state index in [-0.39, 0.29) is 17.9 Å². The summed E-state index contributed by atoms with van der Waals surface area (Å²) in [4.78, 5) is 54.4. The van der Waals surface area contributed by atoms with Crippen LogP contribution in [0.4, 0.5) is 0 Å². The molecule has 164 valence electrons. The number of carboxylic acids is 1. The molecule has 0 aliphatic carbocycles. The second-order valence-corrected chi connectivity index (χ2v) is 7.15. The van der Waals surface area contributed by atoms with E-state index in [1.54, 1.807) is 0 Å². The highest BCUT2D eigenvalue weighted by atomic mass is 16.4. The molecule has 0 aliphatic heterocycles. The Bertz CT molecular complexity index is 1120. The molecule has 2 aromatic carbocycles. The van der Waals surface area contributed by atoms with Crippen LogP contribution in [0, 0.1) is 5.92 Å². The first-order valence-electron chi connectivity index (χ1n) is 9.88. The van der Waals surface area contributed by atoms with Gasteiger partial charge in [0.15, 0.2) is 5.82 Å². The molecule has 0 radical (unpaired) electrons. The highest BCUT2D eigenvalue weighted by Crippen LogP contribution is 2.22. The Balaban J connectivity index is 1.78. The van der Waals surface area contributed by atoms with Gasteiger partial charge in [-0.15, -0.1) is 0 Å². The fourth-order valence-electron chi connectivity index (χ4n) is 2.95. The van der Waals surface area contributed by atoms with Gasteiger partial charge in [0.1, 0.15) is 5.56 Å². The fourth-order valence-corrected chi connectivity index (χ4v) is 2.95. The van der Waals surface area contributed by atoms with Gasteiger partial charge in [0.05, 0.1) is 12.0 Å². The normalized spacial score (nSPS) is 11.6. The monoisotopic (exact) mass is 434 g/mol. The largest absolute Gasteiger partial charge is 0.481 e. The molecule has 2 amide bonds. The van der Waals surface area contributed by atoms with Crippen molar-refractivity contribution >= 4 is 17.8 Å². The van der Waals surface area contributed by atoms with Gasteiger partial charge in [-0.2, -0.15) is 0 Å². The number of carbonyl (C=O) groups excluding carboxylic acids is 2. The lowest BCUT2D eigenvalue weighted by molar-refractivity contribution is -0.140. The van der Waals surface area contributed by atoms with Crippen LogP contribution >= 0.6 is 0 Å². The van der Waals surface area contributed by atoms with Gasteiger partial charge in [-0.3, -0.25) is 19.2 Å². The number of H-pyrrole nitrogens is 1. The summed E-state index contributed by atoms with van der Waals surface area (Å²) in [5, 5.41) is 14.1. The van der Waals surface area contributed by atoms with Gasteiger partial charge in [-0.1, -0.05) is 67.6 Å². The topological polar surface area (TPSA) is 141 Å². The molecule has 0 saturated heterocycles. The molecule has 1 aromatic heterocycles. The van der Waals surface area contributed by atoms with Gasteiger partial charge in [0.25, 0.3) is 17.4 Å². The van der Waals surface area contributed by atoms with Crippen LogP contribution in [0.5, 0.6) is 0 Å². The maximum absolute atomic E-state index is 12.9. The van der Waals surface area contributed by atoms with Gasteiger partial charge in [-0.25, -0.2) is 4.98 Å². The van der Waals surface area contributed by atoms with E-state index in [1.165, 1.54) is 6.92 Å². The maximum atomic E-state index is 12.9. The quantitative estimate of drug-likeness (QED) is 0.426. The van der Waals surface area contributed by atoms with Crippen LogP contribution in [0.15, 0.2) is 71.7 Å². The maximum Gasteiger partial charge on any atom is 0.308 e. The molecule has 1 heterocycles. The number of amides is 2. The lowest BCUT2D eigenvalue weighted by Crippen LogP contribution is -2.36. The van der Waals surface area contributed by atoms with Crippen LogP contribution < -0.4 is 16.2 Å². The minimum absolute atomic E-state index is 0.129. The number of carbonyl (C=O) groups is 3. The Morgan fingerprint density at radius 2 is 1.53 bits per heavy atom. The second kappa shape index (κ2) is 10.2.